The number of ether oxygens (including phenoxy) is 3. The summed E-state index contributed by atoms with van der Waals surface area (Å²) in [5.74, 6) is 2.20. The van der Waals surface area contributed by atoms with Crippen molar-refractivity contribution < 1.29 is 19.3 Å². The molecule has 0 aromatic heterocycles. The van der Waals surface area contributed by atoms with Gasteiger partial charge in [-0.15, -0.1) is 0 Å². The van der Waals surface area contributed by atoms with Crippen LogP contribution in [-0.4, -0.2) is 19.3 Å². The second kappa shape index (κ2) is 5.66. The third-order valence-corrected chi connectivity index (χ3v) is 3.77. The Morgan fingerprint density at radius 3 is 2.33 bits per heavy atom. The fourth-order valence-corrected chi connectivity index (χ4v) is 2.57. The van der Waals surface area contributed by atoms with E-state index in [9.17, 15) is 5.11 Å². The number of aliphatic hydroxyl groups excluding tert-OH is 1. The highest BCUT2D eigenvalue weighted by Gasteiger charge is 2.28. The number of fused-ring (bicyclic) bond motifs is 1. The number of methoxy groups -OCH3 is 2. The molecule has 4 nitrogen and oxygen atoms in total. The first-order valence-electron chi connectivity index (χ1n) is 6.88. The molecule has 2 aromatic carbocycles. The van der Waals surface area contributed by atoms with Crippen molar-refractivity contribution >= 4 is 0 Å². The quantitative estimate of drug-likeness (QED) is 0.941. The van der Waals surface area contributed by atoms with Gasteiger partial charge in [0, 0.05) is 18.1 Å². The average Bonchev–Trinajstić information content (AvgIpc) is 2.54. The van der Waals surface area contributed by atoms with E-state index >= 15 is 0 Å². The molecule has 0 saturated heterocycles. The van der Waals surface area contributed by atoms with Crippen molar-refractivity contribution in [2.75, 3.05) is 14.2 Å². The van der Waals surface area contributed by atoms with Crippen molar-refractivity contribution in [3.8, 4) is 17.2 Å². The lowest BCUT2D eigenvalue weighted by Gasteiger charge is -2.30. The van der Waals surface area contributed by atoms with Crippen LogP contribution in [0, 0.1) is 0 Å². The highest BCUT2D eigenvalue weighted by molar-refractivity contribution is 5.44. The van der Waals surface area contributed by atoms with Gasteiger partial charge in [0.15, 0.2) is 0 Å². The zero-order valence-electron chi connectivity index (χ0n) is 12.1. The average molecular weight is 286 g/mol. The van der Waals surface area contributed by atoms with Gasteiger partial charge in [-0.05, 0) is 29.8 Å². The van der Waals surface area contributed by atoms with E-state index < -0.39 is 6.10 Å². The van der Waals surface area contributed by atoms with Gasteiger partial charge >= 0.3 is 0 Å². The molecule has 3 rings (SSSR count). The monoisotopic (exact) mass is 286 g/mol. The Morgan fingerprint density at radius 1 is 1.00 bits per heavy atom. The minimum Gasteiger partial charge on any atom is -0.497 e. The number of aliphatic hydroxyl groups is 1. The normalized spacial score (nSPS) is 20.3. The fourth-order valence-electron chi connectivity index (χ4n) is 2.57. The molecule has 110 valence electrons. The Kier molecular flexibility index (Phi) is 3.71. The van der Waals surface area contributed by atoms with Crippen LogP contribution in [0.25, 0.3) is 0 Å². The number of rotatable bonds is 3. The molecule has 1 unspecified atom stereocenters. The molecule has 2 atom stereocenters. The number of hydrogen-bond acceptors (Lipinski definition) is 4. The SMILES string of the molecule is COc1ccc(C2C[C@H](O)c3ccc(OC)cc3O2)cc1. The number of hydrogen-bond donors (Lipinski definition) is 1. The van der Waals surface area contributed by atoms with Crippen LogP contribution in [0.15, 0.2) is 42.5 Å². The molecule has 1 aliphatic heterocycles. The summed E-state index contributed by atoms with van der Waals surface area (Å²) in [7, 11) is 3.25. The Hall–Kier alpha value is -2.20. The van der Waals surface area contributed by atoms with Crippen molar-refractivity contribution in [2.24, 2.45) is 0 Å². The maximum atomic E-state index is 10.3. The first-order valence-corrected chi connectivity index (χ1v) is 6.88. The molecule has 0 radical (unpaired) electrons. The van der Waals surface area contributed by atoms with Gasteiger partial charge in [0.05, 0.1) is 20.3 Å². The van der Waals surface area contributed by atoms with Crippen LogP contribution in [-0.2, 0) is 0 Å². The summed E-state index contributed by atoms with van der Waals surface area (Å²) in [5, 5.41) is 10.3. The van der Waals surface area contributed by atoms with E-state index in [1.54, 1.807) is 14.2 Å². The molecular formula is C17H18O4. The van der Waals surface area contributed by atoms with Gasteiger partial charge in [-0.1, -0.05) is 12.1 Å². The van der Waals surface area contributed by atoms with Crippen molar-refractivity contribution in [2.45, 2.75) is 18.6 Å². The third-order valence-electron chi connectivity index (χ3n) is 3.77. The largest absolute Gasteiger partial charge is 0.497 e. The van der Waals surface area contributed by atoms with Crippen molar-refractivity contribution in [3.05, 3.63) is 53.6 Å². The van der Waals surface area contributed by atoms with E-state index in [4.69, 9.17) is 14.2 Å². The summed E-state index contributed by atoms with van der Waals surface area (Å²) >= 11 is 0. The highest BCUT2D eigenvalue weighted by Crippen LogP contribution is 2.42. The Morgan fingerprint density at radius 2 is 1.67 bits per heavy atom. The predicted octanol–water partition coefficient (Wildman–Crippen LogP) is 3.26. The molecule has 1 N–H and O–H groups in total. The van der Waals surface area contributed by atoms with Crippen molar-refractivity contribution in [1.82, 2.24) is 0 Å². The van der Waals surface area contributed by atoms with E-state index in [2.05, 4.69) is 0 Å². The molecule has 4 heteroatoms. The second-order valence-corrected chi connectivity index (χ2v) is 5.03. The molecule has 21 heavy (non-hydrogen) atoms. The van der Waals surface area contributed by atoms with E-state index in [-0.39, 0.29) is 6.10 Å². The third kappa shape index (κ3) is 2.67. The first kappa shape index (κ1) is 13.8. The summed E-state index contributed by atoms with van der Waals surface area (Å²) in [5.41, 5.74) is 1.82. The van der Waals surface area contributed by atoms with Crippen LogP contribution < -0.4 is 14.2 Å². The maximum absolute atomic E-state index is 10.3. The van der Waals surface area contributed by atoms with Gasteiger partial charge in [-0.2, -0.15) is 0 Å². The van der Waals surface area contributed by atoms with Crippen LogP contribution in [0.4, 0.5) is 0 Å². The second-order valence-electron chi connectivity index (χ2n) is 5.03. The van der Waals surface area contributed by atoms with Crippen LogP contribution in [0.1, 0.15) is 29.8 Å². The van der Waals surface area contributed by atoms with Crippen LogP contribution in [0.3, 0.4) is 0 Å². The van der Waals surface area contributed by atoms with Crippen molar-refractivity contribution in [3.63, 3.8) is 0 Å². The van der Waals surface area contributed by atoms with Crippen LogP contribution in [0.2, 0.25) is 0 Å². The Labute approximate surface area is 123 Å². The van der Waals surface area contributed by atoms with E-state index in [0.717, 1.165) is 22.6 Å². The van der Waals surface area contributed by atoms with Gasteiger partial charge in [-0.3, -0.25) is 0 Å². The summed E-state index contributed by atoms with van der Waals surface area (Å²) in [6.07, 6.45) is -0.177. The van der Waals surface area contributed by atoms with E-state index in [0.29, 0.717) is 12.2 Å². The van der Waals surface area contributed by atoms with E-state index in [1.165, 1.54) is 0 Å². The molecule has 1 aliphatic rings. The molecule has 0 saturated carbocycles. The molecule has 0 bridgehead atoms. The van der Waals surface area contributed by atoms with Gasteiger partial charge < -0.3 is 19.3 Å². The zero-order valence-corrected chi connectivity index (χ0v) is 12.1. The summed E-state index contributed by atoms with van der Waals surface area (Å²) in [6.45, 7) is 0. The van der Waals surface area contributed by atoms with Gasteiger partial charge in [0.2, 0.25) is 0 Å². The smallest absolute Gasteiger partial charge is 0.129 e. The molecule has 2 aromatic rings. The molecular weight excluding hydrogens is 268 g/mol. The topological polar surface area (TPSA) is 47.9 Å². The lowest BCUT2D eigenvalue weighted by molar-refractivity contribution is 0.0655. The van der Waals surface area contributed by atoms with Gasteiger partial charge in [0.1, 0.15) is 23.4 Å². The van der Waals surface area contributed by atoms with Gasteiger partial charge in [0.25, 0.3) is 0 Å². The molecule has 1 heterocycles. The standard InChI is InChI=1S/C17H18O4/c1-19-12-5-3-11(4-6-12)16-10-15(18)14-8-7-13(20-2)9-17(14)21-16/h3-9,15-16,18H,10H2,1-2H3/t15-,16?/m0/s1. The van der Waals surface area contributed by atoms with E-state index in [1.807, 2.05) is 42.5 Å². The fraction of sp³-hybridized carbons (Fsp3) is 0.294. The van der Waals surface area contributed by atoms with Gasteiger partial charge in [-0.25, -0.2) is 0 Å². The Bertz CT molecular complexity index is 621. The lowest BCUT2D eigenvalue weighted by Crippen LogP contribution is -2.19. The first-order chi connectivity index (χ1) is 10.2. The van der Waals surface area contributed by atoms with Crippen molar-refractivity contribution in [1.29, 1.82) is 0 Å². The minimum atomic E-state index is -0.535. The molecule has 0 aliphatic carbocycles. The lowest BCUT2D eigenvalue weighted by atomic mass is 9.95. The number of benzene rings is 2. The highest BCUT2D eigenvalue weighted by atomic mass is 16.5. The summed E-state index contributed by atoms with van der Waals surface area (Å²) in [6, 6.07) is 13.2. The summed E-state index contributed by atoms with van der Waals surface area (Å²) in [4.78, 5) is 0. The molecule has 0 spiro atoms. The summed E-state index contributed by atoms with van der Waals surface area (Å²) < 4.78 is 16.4. The molecule has 0 amide bonds. The zero-order chi connectivity index (χ0) is 14.8. The Balaban J connectivity index is 1.89. The predicted molar refractivity (Wildman–Crippen MR) is 78.9 cm³/mol. The maximum Gasteiger partial charge on any atom is 0.129 e. The molecule has 0 fully saturated rings. The minimum absolute atomic E-state index is 0.175. The van der Waals surface area contributed by atoms with Crippen LogP contribution >= 0.6 is 0 Å². The van der Waals surface area contributed by atoms with Crippen LogP contribution in [0.5, 0.6) is 17.2 Å².